The molecule has 1 rings (SSSR count). The smallest absolute Gasteiger partial charge is 0.325 e. The number of aliphatic hydroxyl groups is 1. The Bertz CT molecular complexity index is 277. The first kappa shape index (κ1) is 13.8. The van der Waals surface area contributed by atoms with Gasteiger partial charge in [0.05, 0.1) is 6.61 Å². The number of carbonyl (C=O) groups is 2. The van der Waals surface area contributed by atoms with Crippen molar-refractivity contribution in [1.82, 2.24) is 10.2 Å². The summed E-state index contributed by atoms with van der Waals surface area (Å²) in [6, 6.07) is -1.19. The Labute approximate surface area is 101 Å². The van der Waals surface area contributed by atoms with Crippen molar-refractivity contribution in [2.75, 3.05) is 13.2 Å². The lowest BCUT2D eigenvalue weighted by molar-refractivity contribution is -0.138. The second-order valence-corrected chi connectivity index (χ2v) is 4.36. The van der Waals surface area contributed by atoms with Crippen LogP contribution in [-0.4, -0.2) is 52.3 Å². The van der Waals surface area contributed by atoms with Crippen LogP contribution >= 0.6 is 0 Å². The van der Waals surface area contributed by atoms with Gasteiger partial charge >= 0.3 is 12.0 Å². The SMILES string of the molecule is CC(NC(=O)N(CCO)C1CCCC1)C(=O)O. The Hall–Kier alpha value is -1.30. The molecule has 1 atom stereocenters. The first-order valence-electron chi connectivity index (χ1n) is 5.97. The second kappa shape index (κ2) is 6.44. The number of rotatable bonds is 5. The van der Waals surface area contributed by atoms with E-state index in [1.54, 1.807) is 4.90 Å². The quantitative estimate of drug-likeness (QED) is 0.653. The van der Waals surface area contributed by atoms with E-state index in [2.05, 4.69) is 5.32 Å². The number of hydrogen-bond acceptors (Lipinski definition) is 3. The monoisotopic (exact) mass is 244 g/mol. The molecule has 1 aliphatic rings. The third kappa shape index (κ3) is 3.89. The molecule has 0 aliphatic heterocycles. The highest BCUT2D eigenvalue weighted by Gasteiger charge is 2.27. The Morgan fingerprint density at radius 3 is 2.47 bits per heavy atom. The molecule has 0 radical (unpaired) electrons. The standard InChI is InChI=1S/C11H20N2O4/c1-8(10(15)16)12-11(17)13(6-7-14)9-4-2-3-5-9/h8-9,14H,2-7H2,1H3,(H,12,17)(H,15,16). The molecule has 0 heterocycles. The van der Waals surface area contributed by atoms with Crippen molar-refractivity contribution in [2.24, 2.45) is 0 Å². The summed E-state index contributed by atoms with van der Waals surface area (Å²) in [5.74, 6) is -1.06. The lowest BCUT2D eigenvalue weighted by Crippen LogP contribution is -2.50. The van der Waals surface area contributed by atoms with E-state index in [0.717, 1.165) is 25.7 Å². The van der Waals surface area contributed by atoms with Crippen LogP contribution in [0.4, 0.5) is 4.79 Å². The van der Waals surface area contributed by atoms with Gasteiger partial charge in [-0.1, -0.05) is 12.8 Å². The molecule has 0 aromatic carbocycles. The zero-order chi connectivity index (χ0) is 12.8. The average Bonchev–Trinajstić information content (AvgIpc) is 2.78. The lowest BCUT2D eigenvalue weighted by Gasteiger charge is -2.29. The molecule has 0 aromatic rings. The van der Waals surface area contributed by atoms with E-state index in [0.29, 0.717) is 0 Å². The van der Waals surface area contributed by atoms with E-state index in [1.165, 1.54) is 6.92 Å². The van der Waals surface area contributed by atoms with E-state index in [1.807, 2.05) is 0 Å². The van der Waals surface area contributed by atoms with Gasteiger partial charge in [0.2, 0.25) is 0 Å². The number of carboxylic acid groups (broad SMARTS) is 1. The summed E-state index contributed by atoms with van der Waals surface area (Å²) in [5, 5.41) is 20.1. The minimum atomic E-state index is -1.06. The van der Waals surface area contributed by atoms with Gasteiger partial charge in [0.15, 0.2) is 0 Å². The van der Waals surface area contributed by atoms with Crippen molar-refractivity contribution in [2.45, 2.75) is 44.7 Å². The maximum Gasteiger partial charge on any atom is 0.325 e. The minimum absolute atomic E-state index is 0.106. The van der Waals surface area contributed by atoms with Crippen molar-refractivity contribution in [1.29, 1.82) is 0 Å². The molecule has 0 saturated heterocycles. The van der Waals surface area contributed by atoms with Crippen LogP contribution in [0.25, 0.3) is 0 Å². The highest BCUT2D eigenvalue weighted by Crippen LogP contribution is 2.23. The Morgan fingerprint density at radius 1 is 1.41 bits per heavy atom. The summed E-state index contributed by atoms with van der Waals surface area (Å²) in [6.45, 7) is 1.57. The van der Waals surface area contributed by atoms with Crippen LogP contribution in [-0.2, 0) is 4.79 Å². The van der Waals surface area contributed by atoms with Gasteiger partial charge in [-0.05, 0) is 19.8 Å². The molecule has 1 aliphatic carbocycles. The summed E-state index contributed by atoms with van der Waals surface area (Å²) in [4.78, 5) is 24.1. The lowest BCUT2D eigenvalue weighted by atomic mass is 10.2. The molecule has 6 heteroatoms. The summed E-state index contributed by atoms with van der Waals surface area (Å²) in [7, 11) is 0. The minimum Gasteiger partial charge on any atom is -0.480 e. The highest BCUT2D eigenvalue weighted by molar-refractivity contribution is 5.82. The topological polar surface area (TPSA) is 89.9 Å². The molecule has 1 unspecified atom stereocenters. The molecule has 1 saturated carbocycles. The van der Waals surface area contributed by atoms with Crippen molar-refractivity contribution in [3.8, 4) is 0 Å². The van der Waals surface area contributed by atoms with Crippen LogP contribution in [0.3, 0.4) is 0 Å². The number of aliphatic carboxylic acids is 1. The first-order chi connectivity index (χ1) is 8.06. The molecule has 1 fully saturated rings. The molecular formula is C11H20N2O4. The predicted octanol–water partition coefficient (Wildman–Crippen LogP) is 0.406. The van der Waals surface area contributed by atoms with Gasteiger partial charge in [-0.2, -0.15) is 0 Å². The largest absolute Gasteiger partial charge is 0.480 e. The molecule has 3 N–H and O–H groups in total. The van der Waals surface area contributed by atoms with Gasteiger partial charge in [0, 0.05) is 12.6 Å². The molecule has 2 amide bonds. The van der Waals surface area contributed by atoms with Crippen LogP contribution in [0.15, 0.2) is 0 Å². The van der Waals surface area contributed by atoms with E-state index in [9.17, 15) is 9.59 Å². The van der Waals surface area contributed by atoms with Gasteiger partial charge in [-0.25, -0.2) is 4.79 Å². The van der Waals surface area contributed by atoms with Gasteiger partial charge in [0.1, 0.15) is 6.04 Å². The van der Waals surface area contributed by atoms with Crippen LogP contribution in [0.1, 0.15) is 32.6 Å². The number of carbonyl (C=O) groups excluding carboxylic acids is 1. The van der Waals surface area contributed by atoms with E-state index < -0.39 is 18.0 Å². The zero-order valence-electron chi connectivity index (χ0n) is 10.1. The summed E-state index contributed by atoms with van der Waals surface area (Å²) < 4.78 is 0. The fourth-order valence-corrected chi connectivity index (χ4v) is 2.10. The van der Waals surface area contributed by atoms with Crippen LogP contribution in [0.2, 0.25) is 0 Å². The number of hydrogen-bond donors (Lipinski definition) is 3. The molecular weight excluding hydrogens is 224 g/mol. The molecule has 0 spiro atoms. The Morgan fingerprint density at radius 2 is 2.00 bits per heavy atom. The Kier molecular flexibility index (Phi) is 5.21. The van der Waals surface area contributed by atoms with Crippen molar-refractivity contribution in [3.05, 3.63) is 0 Å². The second-order valence-electron chi connectivity index (χ2n) is 4.36. The maximum atomic E-state index is 11.9. The number of aliphatic hydroxyl groups excluding tert-OH is 1. The number of nitrogens with one attached hydrogen (secondary N) is 1. The van der Waals surface area contributed by atoms with Crippen LogP contribution in [0, 0.1) is 0 Å². The third-order valence-corrected chi connectivity index (χ3v) is 3.08. The molecule has 17 heavy (non-hydrogen) atoms. The van der Waals surface area contributed by atoms with Gasteiger partial charge in [-0.3, -0.25) is 4.79 Å². The van der Waals surface area contributed by atoms with Gasteiger partial charge < -0.3 is 20.4 Å². The highest BCUT2D eigenvalue weighted by atomic mass is 16.4. The fourth-order valence-electron chi connectivity index (χ4n) is 2.10. The summed E-state index contributed by atoms with van der Waals surface area (Å²) in [5.41, 5.74) is 0. The van der Waals surface area contributed by atoms with Crippen molar-refractivity contribution >= 4 is 12.0 Å². The average molecular weight is 244 g/mol. The summed E-state index contributed by atoms with van der Waals surface area (Å²) >= 11 is 0. The predicted molar refractivity (Wildman–Crippen MR) is 61.7 cm³/mol. The number of carboxylic acids is 1. The third-order valence-electron chi connectivity index (χ3n) is 3.08. The number of amides is 2. The van der Waals surface area contributed by atoms with E-state index in [4.69, 9.17) is 10.2 Å². The molecule has 6 nitrogen and oxygen atoms in total. The molecule has 98 valence electrons. The van der Waals surface area contributed by atoms with E-state index in [-0.39, 0.29) is 19.2 Å². The first-order valence-corrected chi connectivity index (χ1v) is 5.97. The fraction of sp³-hybridized carbons (Fsp3) is 0.818. The number of nitrogens with zero attached hydrogens (tertiary/aromatic N) is 1. The normalized spacial score (nSPS) is 17.8. The summed E-state index contributed by atoms with van der Waals surface area (Å²) in [6.07, 6.45) is 4.01. The number of urea groups is 1. The van der Waals surface area contributed by atoms with Crippen molar-refractivity contribution in [3.63, 3.8) is 0 Å². The van der Waals surface area contributed by atoms with Crippen LogP contribution < -0.4 is 5.32 Å². The van der Waals surface area contributed by atoms with Gasteiger partial charge in [0.25, 0.3) is 0 Å². The zero-order valence-corrected chi connectivity index (χ0v) is 10.1. The maximum absolute atomic E-state index is 11.9. The molecule has 0 aromatic heterocycles. The van der Waals surface area contributed by atoms with Crippen molar-refractivity contribution < 1.29 is 19.8 Å². The Balaban J connectivity index is 2.56. The van der Waals surface area contributed by atoms with Gasteiger partial charge in [-0.15, -0.1) is 0 Å². The van der Waals surface area contributed by atoms with E-state index >= 15 is 0 Å². The molecule has 0 bridgehead atoms. The van der Waals surface area contributed by atoms with Crippen LogP contribution in [0.5, 0.6) is 0 Å².